The molecule has 1 atom stereocenters. The zero-order valence-electron chi connectivity index (χ0n) is 13.8. The second-order valence-electron chi connectivity index (χ2n) is 5.89. The molecule has 1 aliphatic heterocycles. The zero-order chi connectivity index (χ0) is 18.0. The highest BCUT2D eigenvalue weighted by Gasteiger charge is 2.31. The molecule has 0 spiro atoms. The molecule has 5 nitrogen and oxygen atoms in total. The van der Waals surface area contributed by atoms with Gasteiger partial charge in [-0.05, 0) is 43.1 Å². The molecule has 2 aromatic rings. The number of carbonyl (C=O) groups excluding carboxylic acids is 1. The van der Waals surface area contributed by atoms with E-state index in [1.165, 1.54) is 18.2 Å². The lowest BCUT2D eigenvalue weighted by atomic mass is 10.1. The first-order valence-electron chi connectivity index (χ1n) is 7.94. The van der Waals surface area contributed by atoms with E-state index in [1.54, 1.807) is 18.3 Å². The fourth-order valence-electron chi connectivity index (χ4n) is 2.99. The molecule has 0 fully saturated rings. The quantitative estimate of drug-likeness (QED) is 0.822. The van der Waals surface area contributed by atoms with E-state index in [9.17, 15) is 18.0 Å². The Bertz CT molecular complexity index is 777. The normalized spacial score (nSPS) is 16.5. The second-order valence-corrected chi connectivity index (χ2v) is 5.89. The molecule has 0 saturated carbocycles. The van der Waals surface area contributed by atoms with Gasteiger partial charge in [-0.25, -0.2) is 0 Å². The van der Waals surface area contributed by atoms with E-state index >= 15 is 0 Å². The van der Waals surface area contributed by atoms with Crippen LogP contribution in [0.5, 0.6) is 5.75 Å². The molecule has 2 heterocycles. The van der Waals surface area contributed by atoms with Crippen molar-refractivity contribution in [3.8, 4) is 16.9 Å². The highest BCUT2D eigenvalue weighted by molar-refractivity contribution is 5.95. The lowest BCUT2D eigenvalue weighted by Crippen LogP contribution is -2.38. The Morgan fingerprint density at radius 3 is 2.73 bits per heavy atom. The smallest absolute Gasteiger partial charge is 0.406 e. The minimum atomic E-state index is -4.74. The second kappa shape index (κ2) is 8.01. The summed E-state index contributed by atoms with van der Waals surface area (Å²) in [6.07, 6.45) is -1.31. The number of carbonyl (C=O) groups is 1. The molecule has 0 radical (unpaired) electrons. The monoisotopic (exact) mass is 389 g/mol. The Balaban J connectivity index is 0.00000243. The highest BCUT2D eigenvalue weighted by Crippen LogP contribution is 2.31. The first-order chi connectivity index (χ1) is 11.9. The number of ether oxygens (including phenoxy) is 1. The first-order valence-corrected chi connectivity index (χ1v) is 7.94. The van der Waals surface area contributed by atoms with Crippen LogP contribution in [0.3, 0.4) is 0 Å². The fourth-order valence-corrected chi connectivity index (χ4v) is 2.99. The molecule has 0 unspecified atom stereocenters. The SMILES string of the molecule is Cl.NCCC[C@H]1CNC(=O)c2cc(-c3cccc(OC(F)(F)F)c3)cn21. The van der Waals surface area contributed by atoms with Crippen LogP contribution in [0.1, 0.15) is 29.4 Å². The Labute approximate surface area is 154 Å². The van der Waals surface area contributed by atoms with E-state index in [-0.39, 0.29) is 30.1 Å². The number of nitrogens with two attached hydrogens (primary N) is 1. The molecule has 0 saturated heterocycles. The summed E-state index contributed by atoms with van der Waals surface area (Å²) in [4.78, 5) is 12.1. The molecule has 9 heteroatoms. The van der Waals surface area contributed by atoms with Crippen LogP contribution in [-0.2, 0) is 0 Å². The van der Waals surface area contributed by atoms with Crippen molar-refractivity contribution in [2.75, 3.05) is 13.1 Å². The molecule has 3 N–H and O–H groups in total. The average Bonchev–Trinajstić information content (AvgIpc) is 2.99. The molecule has 142 valence electrons. The number of amides is 1. The van der Waals surface area contributed by atoms with Crippen LogP contribution in [0.25, 0.3) is 11.1 Å². The molecule has 1 amide bonds. The predicted molar refractivity (Wildman–Crippen MR) is 93.5 cm³/mol. The summed E-state index contributed by atoms with van der Waals surface area (Å²) in [5.41, 5.74) is 7.26. The van der Waals surface area contributed by atoms with Crippen molar-refractivity contribution in [1.82, 2.24) is 9.88 Å². The molecule has 0 aliphatic carbocycles. The summed E-state index contributed by atoms with van der Waals surface area (Å²) in [5.74, 6) is -0.490. The summed E-state index contributed by atoms with van der Waals surface area (Å²) >= 11 is 0. The van der Waals surface area contributed by atoms with Gasteiger partial charge in [0.15, 0.2) is 0 Å². The third-order valence-electron chi connectivity index (χ3n) is 4.12. The summed E-state index contributed by atoms with van der Waals surface area (Å²) in [5, 5.41) is 2.83. The minimum absolute atomic E-state index is 0. The van der Waals surface area contributed by atoms with Crippen LogP contribution in [0.2, 0.25) is 0 Å². The van der Waals surface area contributed by atoms with E-state index in [0.717, 1.165) is 12.8 Å². The van der Waals surface area contributed by atoms with E-state index in [2.05, 4.69) is 10.1 Å². The number of hydrogen-bond acceptors (Lipinski definition) is 3. The largest absolute Gasteiger partial charge is 0.573 e. The van der Waals surface area contributed by atoms with E-state index < -0.39 is 6.36 Å². The van der Waals surface area contributed by atoms with Gasteiger partial charge in [0.25, 0.3) is 5.91 Å². The standard InChI is InChI=1S/C17H18F3N3O2.ClH/c18-17(19,20)25-14-5-1-3-11(7-14)12-8-15-16(24)22-9-13(4-2-6-21)23(15)10-12;/h1,3,5,7-8,10,13H,2,4,6,9,21H2,(H,22,24);1H/t13-;/m0./s1. The van der Waals surface area contributed by atoms with Crippen molar-refractivity contribution in [1.29, 1.82) is 0 Å². The molecular weight excluding hydrogens is 371 g/mol. The number of hydrogen-bond donors (Lipinski definition) is 2. The minimum Gasteiger partial charge on any atom is -0.406 e. The van der Waals surface area contributed by atoms with Gasteiger partial charge in [0.2, 0.25) is 0 Å². The third kappa shape index (κ3) is 4.50. The van der Waals surface area contributed by atoms with Crippen LogP contribution >= 0.6 is 12.4 Å². The van der Waals surface area contributed by atoms with Crippen molar-refractivity contribution in [2.45, 2.75) is 25.2 Å². The van der Waals surface area contributed by atoms with E-state index in [1.807, 2.05) is 4.57 Å². The number of aromatic nitrogens is 1. The van der Waals surface area contributed by atoms with Crippen LogP contribution in [-0.4, -0.2) is 29.9 Å². The third-order valence-corrected chi connectivity index (χ3v) is 4.12. The van der Waals surface area contributed by atoms with Crippen LogP contribution in [0.15, 0.2) is 36.5 Å². The molecule has 26 heavy (non-hydrogen) atoms. The van der Waals surface area contributed by atoms with Gasteiger partial charge in [-0.1, -0.05) is 12.1 Å². The number of nitrogens with one attached hydrogen (secondary N) is 1. The number of fused-ring (bicyclic) bond motifs is 1. The maximum atomic E-state index is 12.4. The van der Waals surface area contributed by atoms with Crippen molar-refractivity contribution < 1.29 is 22.7 Å². The fraction of sp³-hybridized carbons (Fsp3) is 0.353. The molecule has 1 aromatic carbocycles. The van der Waals surface area contributed by atoms with Crippen molar-refractivity contribution in [3.05, 3.63) is 42.2 Å². The summed E-state index contributed by atoms with van der Waals surface area (Å²) in [7, 11) is 0. The summed E-state index contributed by atoms with van der Waals surface area (Å²) in [6.45, 7) is 1.07. The van der Waals surface area contributed by atoms with Gasteiger partial charge in [0.1, 0.15) is 11.4 Å². The number of benzene rings is 1. The van der Waals surface area contributed by atoms with Crippen molar-refractivity contribution >= 4 is 18.3 Å². The lowest BCUT2D eigenvalue weighted by Gasteiger charge is -2.26. The lowest BCUT2D eigenvalue weighted by molar-refractivity contribution is -0.274. The van der Waals surface area contributed by atoms with Gasteiger partial charge in [-0.15, -0.1) is 25.6 Å². The topological polar surface area (TPSA) is 69.3 Å². The highest BCUT2D eigenvalue weighted by atomic mass is 35.5. The summed E-state index contributed by atoms with van der Waals surface area (Å²) in [6, 6.07) is 7.47. The van der Waals surface area contributed by atoms with Crippen LogP contribution in [0, 0.1) is 0 Å². The Morgan fingerprint density at radius 1 is 1.27 bits per heavy atom. The average molecular weight is 390 g/mol. The Hall–Kier alpha value is -2.19. The molecule has 1 aromatic heterocycles. The van der Waals surface area contributed by atoms with Gasteiger partial charge in [-0.3, -0.25) is 4.79 Å². The van der Waals surface area contributed by atoms with Gasteiger partial charge in [0.05, 0.1) is 6.04 Å². The van der Waals surface area contributed by atoms with Crippen molar-refractivity contribution in [2.24, 2.45) is 5.73 Å². The molecule has 1 aliphatic rings. The van der Waals surface area contributed by atoms with Crippen LogP contribution < -0.4 is 15.8 Å². The molecular formula is C17H19ClF3N3O2. The number of nitrogens with zero attached hydrogens (tertiary/aromatic N) is 1. The number of halogens is 4. The predicted octanol–water partition coefficient (Wildman–Crippen LogP) is 3.50. The summed E-state index contributed by atoms with van der Waals surface area (Å²) < 4.78 is 43.0. The molecule has 0 bridgehead atoms. The maximum Gasteiger partial charge on any atom is 0.573 e. The Kier molecular flexibility index (Phi) is 6.20. The van der Waals surface area contributed by atoms with Crippen LogP contribution in [0.4, 0.5) is 13.2 Å². The molecule has 3 rings (SSSR count). The zero-order valence-corrected chi connectivity index (χ0v) is 14.6. The van der Waals surface area contributed by atoms with E-state index in [0.29, 0.717) is 29.9 Å². The maximum absolute atomic E-state index is 12.4. The number of rotatable bonds is 5. The van der Waals surface area contributed by atoms with Gasteiger partial charge >= 0.3 is 6.36 Å². The van der Waals surface area contributed by atoms with Gasteiger partial charge in [-0.2, -0.15) is 0 Å². The van der Waals surface area contributed by atoms with Gasteiger partial charge < -0.3 is 20.4 Å². The van der Waals surface area contributed by atoms with Crippen molar-refractivity contribution in [3.63, 3.8) is 0 Å². The van der Waals surface area contributed by atoms with E-state index in [4.69, 9.17) is 5.73 Å². The van der Waals surface area contributed by atoms with Gasteiger partial charge in [0, 0.05) is 18.3 Å². The number of alkyl halides is 3. The first kappa shape index (κ1) is 20.1. The Morgan fingerprint density at radius 2 is 2.04 bits per heavy atom.